The van der Waals surface area contributed by atoms with Crippen molar-refractivity contribution >= 4 is 23.4 Å². The lowest BCUT2D eigenvalue weighted by atomic mass is 10.2. The number of nitrogens with one attached hydrogen (secondary N) is 1. The molecule has 1 amide bonds. The Balaban J connectivity index is 1.99. The summed E-state index contributed by atoms with van der Waals surface area (Å²) in [5.74, 6) is -1.47. The molecule has 2 aromatic rings. The van der Waals surface area contributed by atoms with Gasteiger partial charge in [0.25, 0.3) is 5.91 Å². The largest absolute Gasteiger partial charge is 0.449 e. The van der Waals surface area contributed by atoms with Crippen molar-refractivity contribution in [1.82, 2.24) is 5.16 Å². The van der Waals surface area contributed by atoms with Crippen molar-refractivity contribution in [1.29, 1.82) is 5.26 Å². The molecule has 0 spiro atoms. The number of esters is 1. The predicted octanol–water partition coefficient (Wildman–Crippen LogP) is 1.62. The third-order valence-corrected chi connectivity index (χ3v) is 3.03. The summed E-state index contributed by atoms with van der Waals surface area (Å²) in [6, 6.07) is 8.25. The normalized spacial score (nSPS) is 11.3. The van der Waals surface area contributed by atoms with E-state index in [1.54, 1.807) is 24.3 Å². The first-order valence-electron chi connectivity index (χ1n) is 6.66. The lowest BCUT2D eigenvalue weighted by Crippen LogP contribution is -2.30. The van der Waals surface area contributed by atoms with Crippen LogP contribution in [0.25, 0.3) is 0 Å². The molecule has 8 nitrogen and oxygen atoms in total. The second-order valence-corrected chi connectivity index (χ2v) is 4.73. The van der Waals surface area contributed by atoms with Crippen molar-refractivity contribution in [2.24, 2.45) is 0 Å². The molecule has 0 unspecified atom stereocenters. The number of rotatable bonds is 4. The summed E-state index contributed by atoms with van der Waals surface area (Å²) in [5, 5.41) is 14.8. The van der Waals surface area contributed by atoms with Crippen LogP contribution in [-0.2, 0) is 9.53 Å². The van der Waals surface area contributed by atoms with Gasteiger partial charge in [-0.25, -0.2) is 4.79 Å². The summed E-state index contributed by atoms with van der Waals surface area (Å²) in [5.41, 5.74) is 6.73. The van der Waals surface area contributed by atoms with E-state index in [1.807, 2.05) is 6.07 Å². The van der Waals surface area contributed by atoms with Crippen LogP contribution in [0.5, 0.6) is 0 Å². The van der Waals surface area contributed by atoms with E-state index in [2.05, 4.69) is 15.0 Å². The number of carbonyl (C=O) groups is 2. The summed E-state index contributed by atoms with van der Waals surface area (Å²) < 4.78 is 9.73. The predicted molar refractivity (Wildman–Crippen MR) is 80.3 cm³/mol. The summed E-state index contributed by atoms with van der Waals surface area (Å²) in [6.45, 7) is 2.97. The van der Waals surface area contributed by atoms with Crippen molar-refractivity contribution in [3.63, 3.8) is 0 Å². The van der Waals surface area contributed by atoms with Crippen LogP contribution in [0.15, 0.2) is 28.8 Å². The zero-order valence-corrected chi connectivity index (χ0v) is 12.5. The van der Waals surface area contributed by atoms with Gasteiger partial charge in [-0.3, -0.25) is 4.79 Å². The first kappa shape index (κ1) is 16.0. The standard InChI is InChI=1S/C15H14N4O4/c1-8-12(13(17)23-19-8)15(21)22-9(2)14(20)18-11-5-3-10(7-16)4-6-11/h3-6,9H,17H2,1-2H3,(H,18,20)/t9-/m0/s1. The second-order valence-electron chi connectivity index (χ2n) is 4.73. The van der Waals surface area contributed by atoms with Gasteiger partial charge in [-0.05, 0) is 38.1 Å². The van der Waals surface area contributed by atoms with Crippen molar-refractivity contribution in [2.75, 3.05) is 11.1 Å². The van der Waals surface area contributed by atoms with E-state index >= 15 is 0 Å². The highest BCUT2D eigenvalue weighted by atomic mass is 16.5. The van der Waals surface area contributed by atoms with Crippen molar-refractivity contribution in [3.8, 4) is 6.07 Å². The topological polar surface area (TPSA) is 131 Å². The maximum atomic E-state index is 12.0. The summed E-state index contributed by atoms with van der Waals surface area (Å²) in [4.78, 5) is 24.0. The number of nitriles is 1. The molecule has 118 valence electrons. The SMILES string of the molecule is Cc1noc(N)c1C(=O)O[C@@H](C)C(=O)Nc1ccc(C#N)cc1. The third-order valence-electron chi connectivity index (χ3n) is 3.03. The second kappa shape index (κ2) is 6.62. The molecule has 0 saturated carbocycles. The van der Waals surface area contributed by atoms with E-state index in [4.69, 9.17) is 15.7 Å². The molecular weight excluding hydrogens is 300 g/mol. The number of hydrogen-bond donors (Lipinski definition) is 2. The van der Waals surface area contributed by atoms with Gasteiger partial charge in [0.15, 0.2) is 6.10 Å². The summed E-state index contributed by atoms with van der Waals surface area (Å²) >= 11 is 0. The number of carbonyl (C=O) groups excluding carboxylic acids is 2. The van der Waals surface area contributed by atoms with Crippen LogP contribution in [0.2, 0.25) is 0 Å². The molecule has 0 radical (unpaired) electrons. The number of nitrogens with zero attached hydrogens (tertiary/aromatic N) is 2. The summed E-state index contributed by atoms with van der Waals surface area (Å²) in [6.07, 6.45) is -1.05. The molecule has 0 aliphatic rings. The lowest BCUT2D eigenvalue weighted by molar-refractivity contribution is -0.123. The first-order chi connectivity index (χ1) is 10.9. The zero-order chi connectivity index (χ0) is 17.0. The van der Waals surface area contributed by atoms with E-state index in [-0.39, 0.29) is 17.1 Å². The minimum absolute atomic E-state index is 0.00280. The molecule has 0 aliphatic carbocycles. The number of nitrogen functional groups attached to an aromatic ring is 1. The molecule has 1 aromatic carbocycles. The Morgan fingerprint density at radius 1 is 1.39 bits per heavy atom. The number of aromatic nitrogens is 1. The van der Waals surface area contributed by atoms with Crippen LogP contribution < -0.4 is 11.1 Å². The van der Waals surface area contributed by atoms with E-state index in [0.717, 1.165) is 0 Å². The molecular formula is C15H14N4O4. The monoisotopic (exact) mass is 314 g/mol. The highest BCUT2D eigenvalue weighted by molar-refractivity contribution is 5.99. The number of amides is 1. The molecule has 1 atom stereocenters. The third kappa shape index (κ3) is 3.65. The van der Waals surface area contributed by atoms with E-state index < -0.39 is 18.0 Å². The molecule has 2 rings (SSSR count). The number of anilines is 2. The Hall–Kier alpha value is -3.34. The lowest BCUT2D eigenvalue weighted by Gasteiger charge is -2.13. The van der Waals surface area contributed by atoms with Gasteiger partial charge in [0.1, 0.15) is 5.56 Å². The minimum Gasteiger partial charge on any atom is -0.449 e. The highest BCUT2D eigenvalue weighted by Gasteiger charge is 2.24. The molecule has 3 N–H and O–H groups in total. The summed E-state index contributed by atoms with van der Waals surface area (Å²) in [7, 11) is 0. The minimum atomic E-state index is -1.05. The molecule has 0 saturated heterocycles. The van der Waals surface area contributed by atoms with Crippen LogP contribution in [-0.4, -0.2) is 23.1 Å². The van der Waals surface area contributed by atoms with Gasteiger partial charge in [-0.1, -0.05) is 5.16 Å². The number of ether oxygens (including phenoxy) is 1. The van der Waals surface area contributed by atoms with Gasteiger partial charge in [-0.15, -0.1) is 0 Å². The maximum absolute atomic E-state index is 12.0. The van der Waals surface area contributed by atoms with Crippen molar-refractivity contribution in [3.05, 3.63) is 41.1 Å². The molecule has 0 aliphatic heterocycles. The molecule has 8 heteroatoms. The molecule has 0 bridgehead atoms. The Kier molecular flexibility index (Phi) is 4.61. The van der Waals surface area contributed by atoms with Gasteiger partial charge in [0.05, 0.1) is 17.3 Å². The van der Waals surface area contributed by atoms with Gasteiger partial charge in [0.2, 0.25) is 5.88 Å². The molecule has 1 aromatic heterocycles. The maximum Gasteiger partial charge on any atom is 0.346 e. The van der Waals surface area contributed by atoms with E-state index in [0.29, 0.717) is 11.3 Å². The highest BCUT2D eigenvalue weighted by Crippen LogP contribution is 2.18. The Morgan fingerprint density at radius 3 is 2.57 bits per heavy atom. The zero-order valence-electron chi connectivity index (χ0n) is 12.5. The number of benzene rings is 1. The molecule has 23 heavy (non-hydrogen) atoms. The van der Waals surface area contributed by atoms with Crippen LogP contribution in [0.4, 0.5) is 11.6 Å². The van der Waals surface area contributed by atoms with Gasteiger partial charge < -0.3 is 20.3 Å². The van der Waals surface area contributed by atoms with Gasteiger partial charge >= 0.3 is 5.97 Å². The molecule has 0 fully saturated rings. The Morgan fingerprint density at radius 2 is 2.04 bits per heavy atom. The van der Waals surface area contributed by atoms with Crippen LogP contribution in [0, 0.1) is 18.3 Å². The average molecular weight is 314 g/mol. The van der Waals surface area contributed by atoms with Crippen LogP contribution >= 0.6 is 0 Å². The fourth-order valence-corrected chi connectivity index (χ4v) is 1.78. The van der Waals surface area contributed by atoms with E-state index in [9.17, 15) is 9.59 Å². The van der Waals surface area contributed by atoms with E-state index in [1.165, 1.54) is 13.8 Å². The van der Waals surface area contributed by atoms with Crippen molar-refractivity contribution < 1.29 is 18.8 Å². The molecule has 1 heterocycles. The fourth-order valence-electron chi connectivity index (χ4n) is 1.78. The number of nitrogens with two attached hydrogens (primary N) is 1. The number of aryl methyl sites for hydroxylation is 1. The first-order valence-corrected chi connectivity index (χ1v) is 6.66. The Bertz CT molecular complexity index is 754. The Labute approximate surface area is 131 Å². The average Bonchev–Trinajstić information content (AvgIpc) is 2.86. The van der Waals surface area contributed by atoms with Gasteiger partial charge in [-0.2, -0.15) is 5.26 Å². The fraction of sp³-hybridized carbons (Fsp3) is 0.200. The quantitative estimate of drug-likeness (QED) is 0.819. The smallest absolute Gasteiger partial charge is 0.346 e. The number of hydrogen-bond acceptors (Lipinski definition) is 7. The van der Waals surface area contributed by atoms with Crippen molar-refractivity contribution in [2.45, 2.75) is 20.0 Å². The van der Waals surface area contributed by atoms with Crippen LogP contribution in [0.1, 0.15) is 28.5 Å². The van der Waals surface area contributed by atoms with Crippen LogP contribution in [0.3, 0.4) is 0 Å². The van der Waals surface area contributed by atoms with Gasteiger partial charge in [0, 0.05) is 5.69 Å².